The third-order valence-corrected chi connectivity index (χ3v) is 4.89. The summed E-state index contributed by atoms with van der Waals surface area (Å²) in [6, 6.07) is 8.46. The monoisotopic (exact) mass is 420 g/mol. The highest BCUT2D eigenvalue weighted by Gasteiger charge is 2.14. The zero-order valence-corrected chi connectivity index (χ0v) is 16.1. The third-order valence-electron chi connectivity index (χ3n) is 4.15. The van der Waals surface area contributed by atoms with Crippen molar-refractivity contribution in [3.63, 3.8) is 0 Å². The van der Waals surface area contributed by atoms with Gasteiger partial charge in [0.1, 0.15) is 6.54 Å². The largest absolute Gasteiger partial charge is 0.348 e. The highest BCUT2D eigenvalue weighted by Crippen LogP contribution is 2.25. The number of rotatable bonds is 5. The van der Waals surface area contributed by atoms with Gasteiger partial charge in [-0.25, -0.2) is 4.98 Å². The van der Waals surface area contributed by atoms with Gasteiger partial charge in [0.2, 0.25) is 5.91 Å². The number of nitrogens with one attached hydrogen (secondary N) is 1. The van der Waals surface area contributed by atoms with Gasteiger partial charge in [-0.2, -0.15) is 0 Å². The lowest BCUT2D eigenvalue weighted by Gasteiger charge is -2.15. The first-order chi connectivity index (χ1) is 13.3. The number of amides is 1. The predicted molar refractivity (Wildman–Crippen MR) is 106 cm³/mol. The molecule has 1 heterocycles. The number of benzene rings is 2. The number of hydrogen-bond donors (Lipinski definition) is 1. The lowest BCUT2D eigenvalue weighted by atomic mass is 10.1. The predicted octanol–water partition coefficient (Wildman–Crippen LogP) is 3.49. The lowest BCUT2D eigenvalue weighted by molar-refractivity contribution is -0.384. The maximum atomic E-state index is 12.5. The standard InChI is InChI=1S/C18H14Cl2N4O4/c1-10(11-2-5-14(19)15(20)6-11)22-17(25)8-23-9-21-16-7-12(24(27)28)3-4-13(16)18(23)26/h2-7,9-10H,8H2,1H3,(H,22,25). The van der Waals surface area contributed by atoms with Gasteiger partial charge >= 0.3 is 0 Å². The molecule has 1 aromatic heterocycles. The summed E-state index contributed by atoms with van der Waals surface area (Å²) in [5.74, 6) is -0.399. The van der Waals surface area contributed by atoms with Gasteiger partial charge in [0, 0.05) is 12.1 Å². The number of carbonyl (C=O) groups is 1. The second kappa shape index (κ2) is 7.95. The van der Waals surface area contributed by atoms with E-state index in [0.717, 1.165) is 10.1 Å². The summed E-state index contributed by atoms with van der Waals surface area (Å²) < 4.78 is 1.14. The Labute approximate surface area is 168 Å². The van der Waals surface area contributed by atoms with E-state index in [1.54, 1.807) is 25.1 Å². The average molecular weight is 421 g/mol. The summed E-state index contributed by atoms with van der Waals surface area (Å²) in [7, 11) is 0. The maximum Gasteiger partial charge on any atom is 0.271 e. The van der Waals surface area contributed by atoms with E-state index in [4.69, 9.17) is 23.2 Å². The van der Waals surface area contributed by atoms with Crippen molar-refractivity contribution in [3.8, 4) is 0 Å². The first-order valence-corrected chi connectivity index (χ1v) is 8.90. The van der Waals surface area contributed by atoms with E-state index in [2.05, 4.69) is 10.3 Å². The molecule has 144 valence electrons. The molecule has 10 heteroatoms. The van der Waals surface area contributed by atoms with Gasteiger partial charge in [-0.05, 0) is 30.7 Å². The number of nitro groups is 1. The van der Waals surface area contributed by atoms with E-state index in [1.807, 2.05) is 0 Å². The van der Waals surface area contributed by atoms with Crippen LogP contribution in [0, 0.1) is 10.1 Å². The quantitative estimate of drug-likeness (QED) is 0.501. The molecule has 0 radical (unpaired) electrons. The van der Waals surface area contributed by atoms with Crippen LogP contribution in [0.1, 0.15) is 18.5 Å². The van der Waals surface area contributed by atoms with Crippen LogP contribution >= 0.6 is 23.2 Å². The minimum Gasteiger partial charge on any atom is -0.348 e. The highest BCUT2D eigenvalue weighted by atomic mass is 35.5. The van der Waals surface area contributed by atoms with Gasteiger partial charge in [0.15, 0.2) is 0 Å². The minimum atomic E-state index is -0.565. The van der Waals surface area contributed by atoms with E-state index in [-0.39, 0.29) is 29.2 Å². The summed E-state index contributed by atoms with van der Waals surface area (Å²) in [5, 5.41) is 14.6. The van der Waals surface area contributed by atoms with Crippen molar-refractivity contribution in [1.29, 1.82) is 0 Å². The van der Waals surface area contributed by atoms with Crippen LogP contribution in [0.3, 0.4) is 0 Å². The maximum absolute atomic E-state index is 12.5. The summed E-state index contributed by atoms with van der Waals surface area (Å²) in [4.78, 5) is 39.2. The average Bonchev–Trinajstić information content (AvgIpc) is 2.65. The molecule has 0 bridgehead atoms. The molecule has 1 atom stereocenters. The molecule has 28 heavy (non-hydrogen) atoms. The SMILES string of the molecule is CC(NC(=O)Cn1cnc2cc([N+](=O)[O-])ccc2c1=O)c1ccc(Cl)c(Cl)c1. The van der Waals surface area contributed by atoms with E-state index in [1.165, 1.54) is 24.5 Å². The van der Waals surface area contributed by atoms with Crippen molar-refractivity contribution in [2.45, 2.75) is 19.5 Å². The van der Waals surface area contributed by atoms with E-state index >= 15 is 0 Å². The second-order valence-electron chi connectivity index (χ2n) is 6.10. The van der Waals surface area contributed by atoms with Gasteiger partial charge in [-0.3, -0.25) is 24.3 Å². The number of non-ortho nitro benzene ring substituents is 1. The third kappa shape index (κ3) is 4.13. The van der Waals surface area contributed by atoms with Gasteiger partial charge in [0.25, 0.3) is 11.2 Å². The van der Waals surface area contributed by atoms with Crippen LogP contribution < -0.4 is 10.9 Å². The molecule has 0 fully saturated rings. The van der Waals surface area contributed by atoms with Crippen molar-refractivity contribution in [3.05, 3.63) is 78.8 Å². The molecule has 0 saturated carbocycles. The van der Waals surface area contributed by atoms with Crippen molar-refractivity contribution in [2.75, 3.05) is 0 Å². The summed E-state index contributed by atoms with van der Waals surface area (Å²) >= 11 is 11.9. The molecule has 1 N–H and O–H groups in total. The molecule has 1 amide bonds. The fourth-order valence-electron chi connectivity index (χ4n) is 2.68. The van der Waals surface area contributed by atoms with Crippen molar-refractivity contribution in [1.82, 2.24) is 14.9 Å². The van der Waals surface area contributed by atoms with E-state index in [0.29, 0.717) is 10.0 Å². The Kier molecular flexibility index (Phi) is 5.62. The van der Waals surface area contributed by atoms with Gasteiger partial charge in [-0.1, -0.05) is 29.3 Å². The molecule has 0 aliphatic carbocycles. The van der Waals surface area contributed by atoms with E-state index < -0.39 is 16.4 Å². The zero-order chi connectivity index (χ0) is 20.4. The molecule has 1 unspecified atom stereocenters. The second-order valence-corrected chi connectivity index (χ2v) is 6.91. The fourth-order valence-corrected chi connectivity index (χ4v) is 2.99. The first kappa shape index (κ1) is 19.8. The topological polar surface area (TPSA) is 107 Å². The fraction of sp³-hybridized carbons (Fsp3) is 0.167. The summed E-state index contributed by atoms with van der Waals surface area (Å²) in [6.45, 7) is 1.53. The van der Waals surface area contributed by atoms with Crippen LogP contribution in [0.25, 0.3) is 10.9 Å². The number of nitrogens with zero attached hydrogens (tertiary/aromatic N) is 3. The van der Waals surface area contributed by atoms with Crippen molar-refractivity contribution in [2.24, 2.45) is 0 Å². The van der Waals surface area contributed by atoms with Crippen LogP contribution in [0.15, 0.2) is 47.5 Å². The van der Waals surface area contributed by atoms with Crippen LogP contribution in [0.2, 0.25) is 10.0 Å². The molecule has 3 rings (SSSR count). The molecule has 0 aliphatic rings. The smallest absolute Gasteiger partial charge is 0.271 e. The number of fused-ring (bicyclic) bond motifs is 1. The molecule has 2 aromatic carbocycles. The Morgan fingerprint density at radius 3 is 2.68 bits per heavy atom. The lowest BCUT2D eigenvalue weighted by Crippen LogP contribution is -2.34. The van der Waals surface area contributed by atoms with Gasteiger partial charge in [-0.15, -0.1) is 0 Å². The summed E-state index contributed by atoms with van der Waals surface area (Å²) in [5.41, 5.74) is 0.335. The Morgan fingerprint density at radius 2 is 2.00 bits per heavy atom. The zero-order valence-electron chi connectivity index (χ0n) is 14.6. The molecule has 8 nitrogen and oxygen atoms in total. The minimum absolute atomic E-state index is 0.162. The van der Waals surface area contributed by atoms with Crippen LogP contribution in [0.5, 0.6) is 0 Å². The van der Waals surface area contributed by atoms with E-state index in [9.17, 15) is 19.7 Å². The number of hydrogen-bond acceptors (Lipinski definition) is 5. The highest BCUT2D eigenvalue weighted by molar-refractivity contribution is 6.42. The van der Waals surface area contributed by atoms with Gasteiger partial charge < -0.3 is 5.32 Å². The molecule has 0 aliphatic heterocycles. The molecule has 0 saturated heterocycles. The molecular formula is C18H14Cl2N4O4. The van der Waals surface area contributed by atoms with Crippen LogP contribution in [-0.2, 0) is 11.3 Å². The van der Waals surface area contributed by atoms with Crippen molar-refractivity contribution >= 4 is 45.7 Å². The number of carbonyl (C=O) groups excluding carboxylic acids is 1. The molecular weight excluding hydrogens is 407 g/mol. The molecule has 3 aromatic rings. The molecule has 0 spiro atoms. The number of halogens is 2. The van der Waals surface area contributed by atoms with Crippen LogP contribution in [-0.4, -0.2) is 20.4 Å². The Balaban J connectivity index is 1.78. The van der Waals surface area contributed by atoms with Crippen LogP contribution in [0.4, 0.5) is 5.69 Å². The first-order valence-electron chi connectivity index (χ1n) is 8.14. The Bertz CT molecular complexity index is 1150. The van der Waals surface area contributed by atoms with Crippen molar-refractivity contribution < 1.29 is 9.72 Å². The van der Waals surface area contributed by atoms with Gasteiger partial charge in [0.05, 0.1) is 38.2 Å². The summed E-state index contributed by atoms with van der Waals surface area (Å²) in [6.07, 6.45) is 1.19. The Morgan fingerprint density at radius 1 is 1.25 bits per heavy atom. The number of nitro benzene ring substituents is 1. The normalized spacial score (nSPS) is 12.0. The number of aromatic nitrogens is 2. The Hall–Kier alpha value is -2.97.